The monoisotopic (exact) mass is 459 g/mol. The molecule has 0 spiro atoms. The van der Waals surface area contributed by atoms with Gasteiger partial charge in [0.15, 0.2) is 11.2 Å². The van der Waals surface area contributed by atoms with Gasteiger partial charge < -0.3 is 9.88 Å². The number of aromatic nitrogens is 4. The van der Waals surface area contributed by atoms with Crippen LogP contribution in [0.15, 0.2) is 64.4 Å². The number of carbonyl (C=O) groups is 1. The van der Waals surface area contributed by atoms with Gasteiger partial charge in [-0.2, -0.15) is 0 Å². The number of aryl methyl sites for hydroxylation is 2. The summed E-state index contributed by atoms with van der Waals surface area (Å²) in [5, 5.41) is 2.82. The van der Waals surface area contributed by atoms with Crippen molar-refractivity contribution in [2.45, 2.75) is 47.3 Å². The summed E-state index contributed by atoms with van der Waals surface area (Å²) in [7, 11) is 0. The van der Waals surface area contributed by atoms with Crippen LogP contribution in [0.2, 0.25) is 0 Å². The van der Waals surface area contributed by atoms with Crippen molar-refractivity contribution in [3.05, 3.63) is 92.4 Å². The number of carbonyl (C=O) groups excluding carboxylic acids is 1. The Balaban J connectivity index is 1.79. The maximum atomic E-state index is 13.4. The van der Waals surface area contributed by atoms with Crippen molar-refractivity contribution < 1.29 is 4.79 Å². The largest absolute Gasteiger partial charge is 0.333 e. The number of amides is 1. The number of hydrogen-bond donors (Lipinski definition) is 1. The normalized spacial score (nSPS) is 11.3. The average molecular weight is 460 g/mol. The zero-order valence-corrected chi connectivity index (χ0v) is 19.9. The smallest absolute Gasteiger partial charge is 0.325 e. The van der Waals surface area contributed by atoms with E-state index in [4.69, 9.17) is 0 Å². The molecule has 1 amide bonds. The first kappa shape index (κ1) is 23.2. The topological polar surface area (TPSA) is 90.9 Å². The van der Waals surface area contributed by atoms with Gasteiger partial charge in [-0.15, -0.1) is 0 Å². The van der Waals surface area contributed by atoms with Crippen molar-refractivity contribution >= 4 is 22.8 Å². The fraction of sp³-hybridized carbons (Fsp3) is 0.308. The highest BCUT2D eigenvalue weighted by atomic mass is 16.2. The second-order valence-corrected chi connectivity index (χ2v) is 9.13. The van der Waals surface area contributed by atoms with Crippen molar-refractivity contribution in [3.63, 3.8) is 0 Å². The third kappa shape index (κ3) is 4.85. The number of benzene rings is 2. The van der Waals surface area contributed by atoms with Gasteiger partial charge in [-0.25, -0.2) is 14.3 Å². The van der Waals surface area contributed by atoms with Gasteiger partial charge in [0, 0.05) is 12.2 Å². The highest BCUT2D eigenvalue weighted by Crippen LogP contribution is 2.14. The van der Waals surface area contributed by atoms with E-state index in [9.17, 15) is 14.4 Å². The van der Waals surface area contributed by atoms with Crippen LogP contribution in [-0.4, -0.2) is 24.6 Å². The maximum Gasteiger partial charge on any atom is 0.333 e. The summed E-state index contributed by atoms with van der Waals surface area (Å²) >= 11 is 0. The Morgan fingerprint density at radius 2 is 1.68 bits per heavy atom. The van der Waals surface area contributed by atoms with Crippen LogP contribution in [0.5, 0.6) is 0 Å². The number of imidazole rings is 1. The van der Waals surface area contributed by atoms with Crippen LogP contribution in [0.3, 0.4) is 0 Å². The molecule has 2 heterocycles. The molecule has 0 aliphatic heterocycles. The summed E-state index contributed by atoms with van der Waals surface area (Å²) in [5.74, 6) is -0.169. The molecule has 1 N–H and O–H groups in total. The molecule has 0 saturated heterocycles. The number of nitrogens with zero attached hydrogens (tertiary/aromatic N) is 4. The Morgan fingerprint density at radius 1 is 1.00 bits per heavy atom. The fourth-order valence-electron chi connectivity index (χ4n) is 4.21. The minimum absolute atomic E-state index is 0.244. The van der Waals surface area contributed by atoms with Gasteiger partial charge in [0.25, 0.3) is 5.56 Å². The van der Waals surface area contributed by atoms with Crippen molar-refractivity contribution in [2.75, 3.05) is 5.32 Å². The molecule has 0 bridgehead atoms. The standard InChI is InChI=1S/C26H29N5O3/c1-17(2)13-29-16-27-24-23(29)25(33)31(26(34)30(24)14-20-8-6-5-7-9-20)15-22(32)28-21-11-18(3)10-19(4)12-21/h5-12,16-17H,13-15H2,1-4H3,(H,28,32). The zero-order chi connectivity index (χ0) is 24.4. The Bertz CT molecular complexity index is 1440. The summed E-state index contributed by atoms with van der Waals surface area (Å²) < 4.78 is 4.23. The molecular formula is C26H29N5O3. The van der Waals surface area contributed by atoms with Crippen molar-refractivity contribution in [2.24, 2.45) is 5.92 Å². The zero-order valence-electron chi connectivity index (χ0n) is 19.9. The molecular weight excluding hydrogens is 430 g/mol. The molecule has 0 saturated carbocycles. The number of hydrogen-bond acceptors (Lipinski definition) is 4. The molecule has 0 aliphatic carbocycles. The van der Waals surface area contributed by atoms with Crippen molar-refractivity contribution in [1.82, 2.24) is 18.7 Å². The van der Waals surface area contributed by atoms with Crippen LogP contribution >= 0.6 is 0 Å². The van der Waals surface area contributed by atoms with E-state index >= 15 is 0 Å². The summed E-state index contributed by atoms with van der Waals surface area (Å²) in [4.78, 5) is 44.1. The van der Waals surface area contributed by atoms with E-state index in [0.717, 1.165) is 21.3 Å². The van der Waals surface area contributed by atoms with E-state index in [1.165, 1.54) is 4.57 Å². The molecule has 2 aromatic heterocycles. The Labute approximate surface area is 197 Å². The molecule has 4 aromatic rings. The Morgan fingerprint density at radius 3 is 2.32 bits per heavy atom. The fourth-order valence-corrected chi connectivity index (χ4v) is 4.21. The predicted octanol–water partition coefficient (Wildman–Crippen LogP) is 3.32. The van der Waals surface area contributed by atoms with E-state index in [1.807, 2.05) is 76.2 Å². The van der Waals surface area contributed by atoms with Crippen LogP contribution in [-0.2, 0) is 24.4 Å². The van der Waals surface area contributed by atoms with Gasteiger partial charge in [-0.3, -0.25) is 14.2 Å². The van der Waals surface area contributed by atoms with Gasteiger partial charge in [0.1, 0.15) is 6.54 Å². The SMILES string of the molecule is Cc1cc(C)cc(NC(=O)Cn2c(=O)c3c(ncn3CC(C)C)n(Cc3ccccc3)c2=O)c1. The molecule has 0 radical (unpaired) electrons. The molecule has 8 heteroatoms. The molecule has 0 atom stereocenters. The highest BCUT2D eigenvalue weighted by Gasteiger charge is 2.20. The molecule has 0 aliphatic rings. The minimum Gasteiger partial charge on any atom is -0.325 e. The first-order valence-corrected chi connectivity index (χ1v) is 11.3. The predicted molar refractivity (Wildman–Crippen MR) is 133 cm³/mol. The number of anilines is 1. The molecule has 34 heavy (non-hydrogen) atoms. The molecule has 2 aromatic carbocycles. The van der Waals surface area contributed by atoms with Crippen LogP contribution in [0, 0.1) is 19.8 Å². The lowest BCUT2D eigenvalue weighted by atomic mass is 10.1. The lowest BCUT2D eigenvalue weighted by molar-refractivity contribution is -0.116. The summed E-state index contributed by atoms with van der Waals surface area (Å²) in [5.41, 5.74) is 3.12. The third-order valence-corrected chi connectivity index (χ3v) is 5.54. The Hall–Kier alpha value is -3.94. The van der Waals surface area contributed by atoms with E-state index in [0.29, 0.717) is 23.4 Å². The third-order valence-electron chi connectivity index (χ3n) is 5.54. The summed E-state index contributed by atoms with van der Waals surface area (Å²) in [6, 6.07) is 15.2. The van der Waals surface area contributed by atoms with E-state index < -0.39 is 17.2 Å². The average Bonchev–Trinajstić information content (AvgIpc) is 3.17. The lowest BCUT2D eigenvalue weighted by Crippen LogP contribution is -2.43. The first-order chi connectivity index (χ1) is 16.2. The first-order valence-electron chi connectivity index (χ1n) is 11.3. The quantitative estimate of drug-likeness (QED) is 0.459. The van der Waals surface area contributed by atoms with Gasteiger partial charge >= 0.3 is 5.69 Å². The number of rotatable bonds is 7. The van der Waals surface area contributed by atoms with Crippen LogP contribution < -0.4 is 16.6 Å². The van der Waals surface area contributed by atoms with E-state index in [-0.39, 0.29) is 19.0 Å². The van der Waals surface area contributed by atoms with Crippen LogP contribution in [0.1, 0.15) is 30.5 Å². The Kier molecular flexibility index (Phi) is 6.49. The van der Waals surface area contributed by atoms with E-state index in [2.05, 4.69) is 10.3 Å². The van der Waals surface area contributed by atoms with Crippen LogP contribution in [0.25, 0.3) is 11.2 Å². The summed E-state index contributed by atoms with van der Waals surface area (Å²) in [6.07, 6.45) is 1.59. The maximum absolute atomic E-state index is 13.4. The number of fused-ring (bicyclic) bond motifs is 1. The molecule has 4 rings (SSSR count). The van der Waals surface area contributed by atoms with E-state index in [1.54, 1.807) is 10.9 Å². The van der Waals surface area contributed by atoms with Crippen molar-refractivity contribution in [1.29, 1.82) is 0 Å². The van der Waals surface area contributed by atoms with Crippen molar-refractivity contribution in [3.8, 4) is 0 Å². The van der Waals surface area contributed by atoms with Gasteiger partial charge in [-0.05, 0) is 48.6 Å². The molecule has 0 fully saturated rings. The second kappa shape index (κ2) is 9.51. The minimum atomic E-state index is -0.563. The van der Waals surface area contributed by atoms with Gasteiger partial charge in [-0.1, -0.05) is 50.2 Å². The summed E-state index contributed by atoms with van der Waals surface area (Å²) in [6.45, 7) is 8.40. The van der Waals surface area contributed by atoms with Gasteiger partial charge in [0.2, 0.25) is 5.91 Å². The lowest BCUT2D eigenvalue weighted by Gasteiger charge is -2.14. The second-order valence-electron chi connectivity index (χ2n) is 9.13. The molecule has 0 unspecified atom stereocenters. The molecule has 176 valence electrons. The van der Waals surface area contributed by atoms with Crippen LogP contribution in [0.4, 0.5) is 5.69 Å². The highest BCUT2D eigenvalue weighted by molar-refractivity contribution is 5.90. The van der Waals surface area contributed by atoms with Gasteiger partial charge in [0.05, 0.1) is 12.9 Å². The number of nitrogens with one attached hydrogen (secondary N) is 1. The molecule has 8 nitrogen and oxygen atoms in total.